The molecular formula is C16H26BrNO2. The first-order valence-corrected chi connectivity index (χ1v) is 7.82. The number of hydrogen-bond acceptors (Lipinski definition) is 3. The molecule has 1 N–H and O–H groups in total. The molecule has 0 aromatic heterocycles. The molecule has 0 bridgehead atoms. The molecule has 114 valence electrons. The molecule has 0 atom stereocenters. The predicted octanol–water partition coefficient (Wildman–Crippen LogP) is 4.18. The summed E-state index contributed by atoms with van der Waals surface area (Å²) < 4.78 is 11.8. The van der Waals surface area contributed by atoms with E-state index in [0.29, 0.717) is 0 Å². The van der Waals surface area contributed by atoms with Crippen molar-refractivity contribution in [2.45, 2.75) is 45.6 Å². The van der Waals surface area contributed by atoms with Crippen LogP contribution in [-0.2, 0) is 6.42 Å². The first kappa shape index (κ1) is 17.3. The van der Waals surface area contributed by atoms with Crippen molar-refractivity contribution in [3.05, 3.63) is 22.2 Å². The van der Waals surface area contributed by atoms with Crippen LogP contribution >= 0.6 is 15.9 Å². The van der Waals surface area contributed by atoms with Gasteiger partial charge in [0.1, 0.15) is 11.5 Å². The Labute approximate surface area is 131 Å². The highest BCUT2D eigenvalue weighted by Gasteiger charge is 2.11. The van der Waals surface area contributed by atoms with E-state index >= 15 is 0 Å². The van der Waals surface area contributed by atoms with Gasteiger partial charge >= 0.3 is 0 Å². The third-order valence-corrected chi connectivity index (χ3v) is 3.80. The van der Waals surface area contributed by atoms with Gasteiger partial charge < -0.3 is 14.8 Å². The molecule has 0 fully saturated rings. The van der Waals surface area contributed by atoms with E-state index < -0.39 is 0 Å². The van der Waals surface area contributed by atoms with Gasteiger partial charge in [-0.15, -0.1) is 0 Å². The maximum atomic E-state index is 5.45. The zero-order chi connectivity index (χ0) is 15.2. The van der Waals surface area contributed by atoms with Gasteiger partial charge in [-0.1, -0.05) is 15.9 Å². The Hall–Kier alpha value is -0.740. The minimum absolute atomic E-state index is 0.193. The van der Waals surface area contributed by atoms with Gasteiger partial charge in [0.15, 0.2) is 0 Å². The van der Waals surface area contributed by atoms with Gasteiger partial charge in [0.25, 0.3) is 0 Å². The average molecular weight is 344 g/mol. The van der Waals surface area contributed by atoms with Crippen LogP contribution in [0.1, 0.15) is 39.2 Å². The molecule has 0 aliphatic heterocycles. The summed E-state index contributed by atoms with van der Waals surface area (Å²) in [5.41, 5.74) is 1.40. The first-order valence-electron chi connectivity index (χ1n) is 7.03. The highest BCUT2D eigenvalue weighted by Crippen LogP contribution is 2.33. The standard InChI is InChI=1S/C16H26BrNO2/c1-16(2,3)18-9-7-6-8-13-14(17)10-12(19-4)11-15(13)20-5/h10-11,18H,6-9H2,1-5H3. The maximum Gasteiger partial charge on any atom is 0.126 e. The lowest BCUT2D eigenvalue weighted by Crippen LogP contribution is -2.36. The van der Waals surface area contributed by atoms with Crippen LogP contribution in [0.25, 0.3) is 0 Å². The second-order valence-corrected chi connectivity index (χ2v) is 6.78. The van der Waals surface area contributed by atoms with Crippen LogP contribution in [0.15, 0.2) is 16.6 Å². The van der Waals surface area contributed by atoms with Crippen molar-refractivity contribution in [1.29, 1.82) is 0 Å². The summed E-state index contributed by atoms with van der Waals surface area (Å²) in [7, 11) is 3.37. The fourth-order valence-corrected chi connectivity index (χ4v) is 2.64. The number of methoxy groups -OCH3 is 2. The quantitative estimate of drug-likeness (QED) is 0.753. The molecule has 0 heterocycles. The summed E-state index contributed by atoms with van der Waals surface area (Å²) in [6.45, 7) is 7.61. The lowest BCUT2D eigenvalue weighted by atomic mass is 10.1. The molecule has 0 saturated carbocycles. The SMILES string of the molecule is COc1cc(Br)c(CCCCNC(C)(C)C)c(OC)c1. The lowest BCUT2D eigenvalue weighted by molar-refractivity contribution is 0.389. The minimum atomic E-state index is 0.193. The molecule has 0 aliphatic carbocycles. The van der Waals surface area contributed by atoms with Crippen LogP contribution in [0.4, 0.5) is 0 Å². The Morgan fingerprint density at radius 1 is 1.10 bits per heavy atom. The molecule has 3 nitrogen and oxygen atoms in total. The van der Waals surface area contributed by atoms with Gasteiger partial charge in [0.05, 0.1) is 14.2 Å². The molecule has 1 aromatic carbocycles. The van der Waals surface area contributed by atoms with E-state index in [-0.39, 0.29) is 5.54 Å². The zero-order valence-corrected chi connectivity index (χ0v) is 14.8. The maximum absolute atomic E-state index is 5.45. The zero-order valence-electron chi connectivity index (χ0n) is 13.2. The van der Waals surface area contributed by atoms with Crippen molar-refractivity contribution >= 4 is 15.9 Å². The Bertz CT molecular complexity index is 427. The van der Waals surface area contributed by atoms with Crippen LogP contribution < -0.4 is 14.8 Å². The molecule has 0 aliphatic rings. The van der Waals surface area contributed by atoms with Crippen LogP contribution in [-0.4, -0.2) is 26.3 Å². The molecule has 4 heteroatoms. The van der Waals surface area contributed by atoms with Crippen molar-refractivity contribution in [1.82, 2.24) is 5.32 Å². The highest BCUT2D eigenvalue weighted by atomic mass is 79.9. The van der Waals surface area contributed by atoms with E-state index in [1.807, 2.05) is 12.1 Å². The van der Waals surface area contributed by atoms with Crippen molar-refractivity contribution in [2.75, 3.05) is 20.8 Å². The molecule has 0 saturated heterocycles. The fraction of sp³-hybridized carbons (Fsp3) is 0.625. The van der Waals surface area contributed by atoms with Crippen molar-refractivity contribution in [3.8, 4) is 11.5 Å². The summed E-state index contributed by atoms with van der Waals surface area (Å²) in [6.07, 6.45) is 3.28. The van der Waals surface area contributed by atoms with Gasteiger partial charge in [-0.2, -0.15) is 0 Å². The number of ether oxygens (including phenoxy) is 2. The Morgan fingerprint density at radius 3 is 2.35 bits per heavy atom. The number of halogens is 1. The lowest BCUT2D eigenvalue weighted by Gasteiger charge is -2.20. The van der Waals surface area contributed by atoms with Crippen LogP contribution in [0, 0.1) is 0 Å². The normalized spacial score (nSPS) is 11.5. The molecule has 1 aromatic rings. The third kappa shape index (κ3) is 5.71. The van der Waals surface area contributed by atoms with Crippen molar-refractivity contribution in [2.24, 2.45) is 0 Å². The summed E-state index contributed by atoms with van der Waals surface area (Å²) in [6, 6.07) is 3.93. The van der Waals surface area contributed by atoms with Crippen LogP contribution in [0.5, 0.6) is 11.5 Å². The summed E-state index contributed by atoms with van der Waals surface area (Å²) in [4.78, 5) is 0. The molecule has 20 heavy (non-hydrogen) atoms. The van der Waals surface area contributed by atoms with E-state index in [2.05, 4.69) is 42.0 Å². The van der Waals surface area contributed by atoms with Gasteiger partial charge in [0.2, 0.25) is 0 Å². The molecule has 1 rings (SSSR count). The van der Waals surface area contributed by atoms with Gasteiger partial charge in [-0.05, 0) is 52.6 Å². The first-order chi connectivity index (χ1) is 9.37. The van der Waals surface area contributed by atoms with Crippen molar-refractivity contribution < 1.29 is 9.47 Å². The topological polar surface area (TPSA) is 30.5 Å². The number of nitrogens with one attached hydrogen (secondary N) is 1. The smallest absolute Gasteiger partial charge is 0.126 e. The van der Waals surface area contributed by atoms with Crippen LogP contribution in [0.2, 0.25) is 0 Å². The fourth-order valence-electron chi connectivity index (χ4n) is 2.02. The van der Waals surface area contributed by atoms with E-state index in [0.717, 1.165) is 41.8 Å². The minimum Gasteiger partial charge on any atom is -0.497 e. The average Bonchev–Trinajstić information content (AvgIpc) is 2.38. The molecule has 0 spiro atoms. The van der Waals surface area contributed by atoms with Gasteiger partial charge in [-0.25, -0.2) is 0 Å². The van der Waals surface area contributed by atoms with Gasteiger partial charge in [-0.3, -0.25) is 0 Å². The third-order valence-electron chi connectivity index (χ3n) is 3.09. The van der Waals surface area contributed by atoms with E-state index in [1.165, 1.54) is 5.56 Å². The Balaban J connectivity index is 2.55. The number of benzene rings is 1. The monoisotopic (exact) mass is 343 g/mol. The summed E-state index contributed by atoms with van der Waals surface area (Å²) in [5, 5.41) is 3.51. The number of unbranched alkanes of at least 4 members (excludes halogenated alkanes) is 1. The van der Waals surface area contributed by atoms with Gasteiger partial charge in [0, 0.05) is 21.6 Å². The Morgan fingerprint density at radius 2 is 1.80 bits per heavy atom. The second kappa shape index (κ2) is 7.89. The summed E-state index contributed by atoms with van der Waals surface area (Å²) in [5.74, 6) is 1.70. The highest BCUT2D eigenvalue weighted by molar-refractivity contribution is 9.10. The molecule has 0 radical (unpaired) electrons. The van der Waals surface area contributed by atoms with E-state index in [1.54, 1.807) is 14.2 Å². The molecule has 0 amide bonds. The number of hydrogen-bond donors (Lipinski definition) is 1. The largest absolute Gasteiger partial charge is 0.497 e. The predicted molar refractivity (Wildman–Crippen MR) is 87.9 cm³/mol. The number of rotatable bonds is 7. The molecular weight excluding hydrogens is 318 g/mol. The van der Waals surface area contributed by atoms with Crippen molar-refractivity contribution in [3.63, 3.8) is 0 Å². The van der Waals surface area contributed by atoms with Crippen LogP contribution in [0.3, 0.4) is 0 Å². The molecule has 0 unspecified atom stereocenters. The van der Waals surface area contributed by atoms with E-state index in [4.69, 9.17) is 9.47 Å². The second-order valence-electron chi connectivity index (χ2n) is 5.92. The van der Waals surface area contributed by atoms with E-state index in [9.17, 15) is 0 Å². The Kier molecular flexibility index (Phi) is 6.83. The summed E-state index contributed by atoms with van der Waals surface area (Å²) >= 11 is 3.60.